The number of carbonyl (C=O) groups is 1. The van der Waals surface area contributed by atoms with Crippen LogP contribution in [-0.2, 0) is 11.8 Å². The van der Waals surface area contributed by atoms with Gasteiger partial charge in [0.25, 0.3) is 5.91 Å². The zero-order chi connectivity index (χ0) is 10.3. The lowest BCUT2D eigenvalue weighted by Gasteiger charge is -2.04. The molecule has 1 amide bonds. The van der Waals surface area contributed by atoms with Crippen molar-refractivity contribution < 1.29 is 4.79 Å². The minimum Gasteiger partial charge on any atom is -0.370 e. The number of amides is 1. The quantitative estimate of drug-likeness (QED) is 0.663. The fourth-order valence-electron chi connectivity index (χ4n) is 1.26. The van der Waals surface area contributed by atoms with Gasteiger partial charge in [0.05, 0.1) is 6.20 Å². The molecule has 1 atom stereocenters. The second kappa shape index (κ2) is 2.98. The molecule has 14 heavy (non-hydrogen) atoms. The minimum atomic E-state index is -0.688. The van der Waals surface area contributed by atoms with Crippen molar-refractivity contribution in [1.82, 2.24) is 14.9 Å². The fraction of sp³-hybridized carbons (Fsp3) is 0.286. The summed E-state index contributed by atoms with van der Waals surface area (Å²) in [7, 11) is 1.71. The van der Waals surface area contributed by atoms with Crippen LogP contribution in [0.15, 0.2) is 11.2 Å². The number of hydrogen-bond donors (Lipinski definition) is 2. The van der Waals surface area contributed by atoms with Crippen LogP contribution in [0.1, 0.15) is 11.9 Å². The van der Waals surface area contributed by atoms with Gasteiger partial charge in [0.1, 0.15) is 11.0 Å². The Kier molecular flexibility index (Phi) is 1.92. The third-order valence-corrected chi connectivity index (χ3v) is 2.33. The number of aliphatic imine (C=N–C) groups is 1. The monoisotopic (exact) mass is 213 g/mol. The van der Waals surface area contributed by atoms with E-state index in [1.165, 1.54) is 6.20 Å². The van der Waals surface area contributed by atoms with E-state index in [2.05, 4.69) is 15.3 Å². The third kappa shape index (κ3) is 1.24. The topological polar surface area (TPSA) is 85.3 Å². The second-order valence-corrected chi connectivity index (χ2v) is 3.29. The molecule has 0 bridgehead atoms. The van der Waals surface area contributed by atoms with Crippen molar-refractivity contribution in [3.8, 4) is 0 Å². The highest BCUT2D eigenvalue weighted by Crippen LogP contribution is 2.21. The van der Waals surface area contributed by atoms with Crippen LogP contribution < -0.4 is 11.1 Å². The van der Waals surface area contributed by atoms with E-state index in [9.17, 15) is 4.79 Å². The van der Waals surface area contributed by atoms with Gasteiger partial charge in [-0.05, 0) is 0 Å². The smallest absolute Gasteiger partial charge is 0.259 e. The molecule has 0 saturated heterocycles. The normalized spacial score (nSPS) is 20.9. The van der Waals surface area contributed by atoms with Crippen LogP contribution in [-0.4, -0.2) is 21.4 Å². The van der Waals surface area contributed by atoms with E-state index < -0.39 is 6.04 Å². The molecule has 2 heterocycles. The van der Waals surface area contributed by atoms with E-state index in [0.29, 0.717) is 11.0 Å². The van der Waals surface area contributed by atoms with Gasteiger partial charge in [-0.15, -0.1) is 0 Å². The van der Waals surface area contributed by atoms with Crippen molar-refractivity contribution in [3.63, 3.8) is 0 Å². The van der Waals surface area contributed by atoms with E-state index in [4.69, 9.17) is 17.3 Å². The Balaban J connectivity index is 2.41. The standard InChI is InChI=1S/C7H8ClN5O/c1-13-3(8)2-10-5(13)4-6(14)12-7(9)11-4/h2,4H,1H3,(H3,9,11,12,14). The summed E-state index contributed by atoms with van der Waals surface area (Å²) in [6, 6.07) is -0.688. The molecule has 1 aliphatic heterocycles. The molecular formula is C7H8ClN5O. The summed E-state index contributed by atoms with van der Waals surface area (Å²) in [5.74, 6) is 0.305. The number of nitrogens with two attached hydrogens (primary N) is 1. The molecule has 2 rings (SSSR count). The first kappa shape index (κ1) is 9.01. The van der Waals surface area contributed by atoms with E-state index >= 15 is 0 Å². The lowest BCUT2D eigenvalue weighted by molar-refractivity contribution is -0.120. The summed E-state index contributed by atoms with van der Waals surface area (Å²) in [5, 5.41) is 2.85. The number of imidazole rings is 1. The molecule has 1 unspecified atom stereocenters. The Bertz CT molecular complexity index is 424. The van der Waals surface area contributed by atoms with Gasteiger partial charge >= 0.3 is 0 Å². The van der Waals surface area contributed by atoms with Crippen LogP contribution in [0.3, 0.4) is 0 Å². The van der Waals surface area contributed by atoms with Gasteiger partial charge in [-0.2, -0.15) is 0 Å². The van der Waals surface area contributed by atoms with Crippen molar-refractivity contribution in [2.24, 2.45) is 17.8 Å². The van der Waals surface area contributed by atoms with Gasteiger partial charge in [-0.25, -0.2) is 9.98 Å². The van der Waals surface area contributed by atoms with Gasteiger partial charge in [0.15, 0.2) is 12.0 Å². The summed E-state index contributed by atoms with van der Waals surface area (Å²) in [6.45, 7) is 0. The fourth-order valence-corrected chi connectivity index (χ4v) is 1.39. The largest absolute Gasteiger partial charge is 0.370 e. The van der Waals surface area contributed by atoms with Gasteiger partial charge in [-0.3, -0.25) is 10.1 Å². The van der Waals surface area contributed by atoms with Gasteiger partial charge in [0.2, 0.25) is 0 Å². The first-order chi connectivity index (χ1) is 6.59. The third-order valence-electron chi connectivity index (χ3n) is 1.98. The van der Waals surface area contributed by atoms with Gasteiger partial charge in [-0.1, -0.05) is 11.6 Å². The van der Waals surface area contributed by atoms with Gasteiger partial charge in [0, 0.05) is 7.05 Å². The van der Waals surface area contributed by atoms with E-state index in [0.717, 1.165) is 0 Å². The predicted octanol–water partition coefficient (Wildman–Crippen LogP) is -0.441. The maximum absolute atomic E-state index is 11.3. The first-order valence-electron chi connectivity index (χ1n) is 3.91. The van der Waals surface area contributed by atoms with Gasteiger partial charge < -0.3 is 10.3 Å². The Morgan fingerprint density at radius 3 is 2.86 bits per heavy atom. The molecular weight excluding hydrogens is 206 g/mol. The maximum atomic E-state index is 11.3. The van der Waals surface area contributed by atoms with E-state index in [1.54, 1.807) is 11.6 Å². The molecule has 0 spiro atoms. The van der Waals surface area contributed by atoms with Crippen molar-refractivity contribution >= 4 is 23.5 Å². The molecule has 1 aromatic rings. The van der Waals surface area contributed by atoms with E-state index in [1.807, 2.05) is 0 Å². The SMILES string of the molecule is Cn1c(Cl)cnc1C1N=C(N)NC1=O. The highest BCUT2D eigenvalue weighted by atomic mass is 35.5. The molecule has 0 aromatic carbocycles. The molecule has 7 heteroatoms. The lowest BCUT2D eigenvalue weighted by atomic mass is 10.3. The summed E-state index contributed by atoms with van der Waals surface area (Å²) in [6.07, 6.45) is 1.47. The zero-order valence-corrected chi connectivity index (χ0v) is 8.12. The number of nitrogens with one attached hydrogen (secondary N) is 1. The van der Waals surface area contributed by atoms with Crippen molar-refractivity contribution in [2.45, 2.75) is 6.04 Å². The molecule has 0 radical (unpaired) electrons. The number of hydrogen-bond acceptors (Lipinski definition) is 4. The first-order valence-corrected chi connectivity index (χ1v) is 4.28. The molecule has 0 aliphatic carbocycles. The number of carbonyl (C=O) groups excluding carboxylic acids is 1. The van der Waals surface area contributed by atoms with Crippen LogP contribution in [0.4, 0.5) is 0 Å². The predicted molar refractivity (Wildman–Crippen MR) is 50.7 cm³/mol. The maximum Gasteiger partial charge on any atom is 0.259 e. The minimum absolute atomic E-state index is 0.110. The van der Waals surface area contributed by atoms with Crippen molar-refractivity contribution in [2.75, 3.05) is 0 Å². The average Bonchev–Trinajstić information content (AvgIpc) is 2.59. The lowest BCUT2D eigenvalue weighted by Crippen LogP contribution is -2.31. The zero-order valence-electron chi connectivity index (χ0n) is 7.36. The van der Waals surface area contributed by atoms with Crippen LogP contribution in [0.2, 0.25) is 5.15 Å². The molecule has 3 N–H and O–H groups in total. The number of rotatable bonds is 1. The molecule has 1 aromatic heterocycles. The number of halogens is 1. The van der Waals surface area contributed by atoms with Crippen LogP contribution in [0.5, 0.6) is 0 Å². The molecule has 0 saturated carbocycles. The van der Waals surface area contributed by atoms with Crippen LogP contribution in [0.25, 0.3) is 0 Å². The van der Waals surface area contributed by atoms with Crippen LogP contribution in [0, 0.1) is 0 Å². The van der Waals surface area contributed by atoms with Crippen LogP contribution >= 0.6 is 11.6 Å². The van der Waals surface area contributed by atoms with E-state index in [-0.39, 0.29) is 11.9 Å². The summed E-state index contributed by atoms with van der Waals surface area (Å²) in [4.78, 5) is 19.2. The molecule has 0 fully saturated rings. The Hall–Kier alpha value is -1.56. The summed E-state index contributed by atoms with van der Waals surface area (Å²) >= 11 is 5.78. The number of guanidine groups is 1. The highest BCUT2D eigenvalue weighted by molar-refractivity contribution is 6.29. The van der Waals surface area contributed by atoms with Crippen molar-refractivity contribution in [3.05, 3.63) is 17.2 Å². The molecule has 74 valence electrons. The Morgan fingerprint density at radius 1 is 1.71 bits per heavy atom. The molecule has 6 nitrogen and oxygen atoms in total. The number of aromatic nitrogens is 2. The Morgan fingerprint density at radius 2 is 2.43 bits per heavy atom. The second-order valence-electron chi connectivity index (χ2n) is 2.90. The summed E-state index contributed by atoms with van der Waals surface area (Å²) in [5.41, 5.74) is 5.36. The number of nitrogens with zero attached hydrogens (tertiary/aromatic N) is 3. The Labute approximate surface area is 84.8 Å². The summed E-state index contributed by atoms with van der Waals surface area (Å²) < 4.78 is 1.59. The molecule has 1 aliphatic rings. The average molecular weight is 214 g/mol. The van der Waals surface area contributed by atoms with Crippen molar-refractivity contribution in [1.29, 1.82) is 0 Å². The highest BCUT2D eigenvalue weighted by Gasteiger charge is 2.30.